The molecule has 0 aliphatic heterocycles. The van der Waals surface area contributed by atoms with Gasteiger partial charge >= 0.3 is 0 Å². The molecule has 0 radical (unpaired) electrons. The summed E-state index contributed by atoms with van der Waals surface area (Å²) in [6.07, 6.45) is 0. The standard InChI is InChI=1S/C50H33N/c1-3-18-41-35(12-1)14-10-24-42(41)38-17-9-16-37(32-38)34-26-28-39(29-27-34)51(50-25-11-15-36-13-2-4-19-43(36)50)40-30-31-48-46-22-6-5-20-44(46)45-21-7-8-23-47(45)49(48)33-40/h1-33H. The van der Waals surface area contributed by atoms with Crippen LogP contribution in [0.1, 0.15) is 0 Å². The fourth-order valence-electron chi connectivity index (χ4n) is 8.01. The minimum atomic E-state index is 1.12. The number of rotatable bonds is 5. The predicted octanol–water partition coefficient (Wildman–Crippen LogP) is 14.3. The molecule has 0 spiro atoms. The Morgan fingerprint density at radius 1 is 0.255 bits per heavy atom. The minimum absolute atomic E-state index is 1.12. The molecule has 238 valence electrons. The van der Waals surface area contributed by atoms with Gasteiger partial charge in [0.1, 0.15) is 0 Å². The van der Waals surface area contributed by atoms with Crippen molar-refractivity contribution < 1.29 is 0 Å². The van der Waals surface area contributed by atoms with Crippen LogP contribution in [0.3, 0.4) is 0 Å². The first-order valence-electron chi connectivity index (χ1n) is 17.6. The molecule has 0 unspecified atom stereocenters. The first kappa shape index (κ1) is 29.2. The second kappa shape index (κ2) is 12.0. The van der Waals surface area contributed by atoms with E-state index in [9.17, 15) is 0 Å². The lowest BCUT2D eigenvalue weighted by Gasteiger charge is -2.27. The van der Waals surface area contributed by atoms with Gasteiger partial charge in [-0.15, -0.1) is 0 Å². The van der Waals surface area contributed by atoms with Gasteiger partial charge in [0.25, 0.3) is 0 Å². The molecule has 0 N–H and O–H groups in total. The van der Waals surface area contributed by atoms with E-state index in [2.05, 4.69) is 205 Å². The van der Waals surface area contributed by atoms with E-state index in [4.69, 9.17) is 0 Å². The molecular formula is C50H33N. The van der Waals surface area contributed by atoms with Crippen LogP contribution in [0.25, 0.3) is 76.1 Å². The quantitative estimate of drug-likeness (QED) is 0.168. The van der Waals surface area contributed by atoms with Crippen molar-refractivity contribution in [3.05, 3.63) is 200 Å². The SMILES string of the molecule is c1cc(-c2ccc(N(c3ccc4c5ccccc5c5ccccc5c4c3)c3cccc4ccccc34)cc2)cc(-c2cccc3ccccc23)c1. The van der Waals surface area contributed by atoms with E-state index in [1.165, 1.54) is 76.1 Å². The Labute approximate surface area is 297 Å². The van der Waals surface area contributed by atoms with Crippen molar-refractivity contribution in [2.45, 2.75) is 0 Å². The van der Waals surface area contributed by atoms with E-state index < -0.39 is 0 Å². The molecule has 10 rings (SSSR count). The van der Waals surface area contributed by atoms with Gasteiger partial charge in [-0.3, -0.25) is 0 Å². The number of hydrogen-bond acceptors (Lipinski definition) is 1. The molecule has 0 amide bonds. The molecule has 0 aromatic heterocycles. The Morgan fingerprint density at radius 3 is 1.45 bits per heavy atom. The number of hydrogen-bond donors (Lipinski definition) is 0. The lowest BCUT2D eigenvalue weighted by atomic mass is 9.93. The number of fused-ring (bicyclic) bond motifs is 8. The first-order valence-corrected chi connectivity index (χ1v) is 17.6. The van der Waals surface area contributed by atoms with Crippen LogP contribution in [0.15, 0.2) is 200 Å². The summed E-state index contributed by atoms with van der Waals surface area (Å²) in [5, 5.41) is 12.6. The Balaban J connectivity index is 1.13. The van der Waals surface area contributed by atoms with Gasteiger partial charge in [-0.1, -0.05) is 164 Å². The molecule has 1 heteroatoms. The van der Waals surface area contributed by atoms with E-state index in [0.717, 1.165) is 17.1 Å². The molecule has 1 nitrogen and oxygen atoms in total. The van der Waals surface area contributed by atoms with Crippen molar-refractivity contribution in [1.82, 2.24) is 0 Å². The van der Waals surface area contributed by atoms with Crippen molar-refractivity contribution in [2.75, 3.05) is 4.90 Å². The molecular weight excluding hydrogens is 615 g/mol. The van der Waals surface area contributed by atoms with E-state index in [0.29, 0.717) is 0 Å². The van der Waals surface area contributed by atoms with Crippen LogP contribution in [-0.4, -0.2) is 0 Å². The van der Waals surface area contributed by atoms with Gasteiger partial charge in [-0.25, -0.2) is 0 Å². The largest absolute Gasteiger partial charge is 0.310 e. The normalized spacial score (nSPS) is 11.5. The van der Waals surface area contributed by atoms with Gasteiger partial charge in [0, 0.05) is 16.8 Å². The molecule has 0 fully saturated rings. The summed E-state index contributed by atoms with van der Waals surface area (Å²) in [5.41, 5.74) is 8.27. The topological polar surface area (TPSA) is 3.24 Å². The van der Waals surface area contributed by atoms with Gasteiger partial charge < -0.3 is 4.90 Å². The van der Waals surface area contributed by atoms with Crippen molar-refractivity contribution in [3.63, 3.8) is 0 Å². The fraction of sp³-hybridized carbons (Fsp3) is 0. The van der Waals surface area contributed by atoms with E-state index in [1.807, 2.05) is 0 Å². The third kappa shape index (κ3) is 4.94. The predicted molar refractivity (Wildman–Crippen MR) is 220 cm³/mol. The summed E-state index contributed by atoms with van der Waals surface area (Å²) in [5.74, 6) is 0. The van der Waals surface area contributed by atoms with Crippen molar-refractivity contribution in [1.29, 1.82) is 0 Å². The van der Waals surface area contributed by atoms with Crippen LogP contribution in [0.4, 0.5) is 17.1 Å². The van der Waals surface area contributed by atoms with Gasteiger partial charge in [0.2, 0.25) is 0 Å². The van der Waals surface area contributed by atoms with Crippen LogP contribution in [0, 0.1) is 0 Å². The van der Waals surface area contributed by atoms with Crippen molar-refractivity contribution in [2.24, 2.45) is 0 Å². The third-order valence-corrected chi connectivity index (χ3v) is 10.4. The summed E-state index contributed by atoms with van der Waals surface area (Å²) in [7, 11) is 0. The van der Waals surface area contributed by atoms with Gasteiger partial charge in [0.15, 0.2) is 0 Å². The zero-order valence-electron chi connectivity index (χ0n) is 28.0. The maximum atomic E-state index is 2.42. The highest BCUT2D eigenvalue weighted by atomic mass is 15.1. The third-order valence-electron chi connectivity index (χ3n) is 10.4. The molecule has 0 aliphatic carbocycles. The van der Waals surface area contributed by atoms with Crippen LogP contribution in [0.5, 0.6) is 0 Å². The maximum absolute atomic E-state index is 2.42. The molecule has 0 bridgehead atoms. The summed E-state index contributed by atoms with van der Waals surface area (Å²) in [6, 6.07) is 73.0. The Hall–Kier alpha value is -6.70. The van der Waals surface area contributed by atoms with Crippen LogP contribution in [-0.2, 0) is 0 Å². The molecule has 0 saturated carbocycles. The van der Waals surface area contributed by atoms with Crippen LogP contribution < -0.4 is 4.90 Å². The Bertz CT molecular complexity index is 2870. The molecule has 10 aromatic rings. The first-order chi connectivity index (χ1) is 25.3. The lowest BCUT2D eigenvalue weighted by Crippen LogP contribution is -2.10. The van der Waals surface area contributed by atoms with Gasteiger partial charge in [-0.2, -0.15) is 0 Å². The Kier molecular flexibility index (Phi) is 6.89. The van der Waals surface area contributed by atoms with E-state index in [1.54, 1.807) is 0 Å². The maximum Gasteiger partial charge on any atom is 0.0540 e. The smallest absolute Gasteiger partial charge is 0.0540 e. The number of benzene rings is 10. The van der Waals surface area contributed by atoms with Crippen molar-refractivity contribution >= 4 is 70.9 Å². The van der Waals surface area contributed by atoms with E-state index >= 15 is 0 Å². The highest BCUT2D eigenvalue weighted by Crippen LogP contribution is 2.43. The summed E-state index contributed by atoms with van der Waals surface area (Å²) < 4.78 is 0. The van der Waals surface area contributed by atoms with Gasteiger partial charge in [0.05, 0.1) is 5.69 Å². The highest BCUT2D eigenvalue weighted by molar-refractivity contribution is 6.26. The Morgan fingerprint density at radius 2 is 0.745 bits per heavy atom. The molecule has 51 heavy (non-hydrogen) atoms. The molecule has 0 aliphatic rings. The van der Waals surface area contributed by atoms with Crippen LogP contribution in [0.2, 0.25) is 0 Å². The van der Waals surface area contributed by atoms with Crippen molar-refractivity contribution in [3.8, 4) is 22.3 Å². The monoisotopic (exact) mass is 647 g/mol. The zero-order valence-corrected chi connectivity index (χ0v) is 28.0. The second-order valence-electron chi connectivity index (χ2n) is 13.3. The number of nitrogens with zero attached hydrogens (tertiary/aromatic N) is 1. The second-order valence-corrected chi connectivity index (χ2v) is 13.3. The molecule has 0 saturated heterocycles. The average Bonchev–Trinajstić information content (AvgIpc) is 3.21. The molecule has 0 heterocycles. The minimum Gasteiger partial charge on any atom is -0.310 e. The summed E-state index contributed by atoms with van der Waals surface area (Å²) in [6.45, 7) is 0. The van der Waals surface area contributed by atoms with Gasteiger partial charge in [-0.05, 0) is 107 Å². The van der Waals surface area contributed by atoms with E-state index in [-0.39, 0.29) is 0 Å². The zero-order chi connectivity index (χ0) is 33.7. The molecule has 0 atom stereocenters. The number of anilines is 3. The summed E-state index contributed by atoms with van der Waals surface area (Å²) in [4.78, 5) is 2.42. The summed E-state index contributed by atoms with van der Waals surface area (Å²) >= 11 is 0. The fourth-order valence-corrected chi connectivity index (χ4v) is 8.01. The molecule has 10 aromatic carbocycles. The van der Waals surface area contributed by atoms with Crippen LogP contribution >= 0.6 is 0 Å². The highest BCUT2D eigenvalue weighted by Gasteiger charge is 2.18. The average molecular weight is 648 g/mol. The lowest BCUT2D eigenvalue weighted by molar-refractivity contribution is 1.30.